The first-order valence-electron chi connectivity index (χ1n) is 9.58. The van der Waals surface area contributed by atoms with Crippen LogP contribution in [0.5, 0.6) is 0 Å². The zero-order valence-corrected chi connectivity index (χ0v) is 17.4. The van der Waals surface area contributed by atoms with E-state index in [4.69, 9.17) is 21.1 Å². The van der Waals surface area contributed by atoms with E-state index in [0.29, 0.717) is 16.1 Å². The van der Waals surface area contributed by atoms with E-state index in [9.17, 15) is 14.4 Å². The van der Waals surface area contributed by atoms with Crippen molar-refractivity contribution < 1.29 is 23.9 Å². The number of carbonyl (C=O) groups excluding carboxylic acids is 3. The van der Waals surface area contributed by atoms with Crippen LogP contribution in [0, 0.1) is 18.3 Å². The Hall–Kier alpha value is -2.66. The van der Waals surface area contributed by atoms with Gasteiger partial charge in [-0.1, -0.05) is 53.6 Å². The summed E-state index contributed by atoms with van der Waals surface area (Å²) in [7, 11) is 0. The van der Waals surface area contributed by atoms with Gasteiger partial charge in [0, 0.05) is 16.5 Å². The Labute approximate surface area is 175 Å². The molecule has 0 amide bonds. The summed E-state index contributed by atoms with van der Waals surface area (Å²) in [5.74, 6) is -3.32. The molecule has 0 radical (unpaired) electrons. The van der Waals surface area contributed by atoms with Gasteiger partial charge in [0.1, 0.15) is 0 Å². The Morgan fingerprint density at radius 1 is 0.897 bits per heavy atom. The van der Waals surface area contributed by atoms with Crippen molar-refractivity contribution in [3.8, 4) is 0 Å². The first-order valence-corrected chi connectivity index (χ1v) is 9.96. The average Bonchev–Trinajstić information content (AvgIpc) is 3.40. The van der Waals surface area contributed by atoms with Gasteiger partial charge in [0.05, 0.1) is 19.1 Å². The van der Waals surface area contributed by atoms with Crippen molar-refractivity contribution in [3.05, 3.63) is 70.2 Å². The second kappa shape index (κ2) is 8.37. The predicted octanol–water partition coefficient (Wildman–Crippen LogP) is 4.36. The van der Waals surface area contributed by atoms with Crippen LogP contribution >= 0.6 is 11.6 Å². The van der Waals surface area contributed by atoms with Crippen LogP contribution in [0.1, 0.15) is 41.3 Å². The Bertz CT molecular complexity index is 899. The van der Waals surface area contributed by atoms with E-state index >= 15 is 0 Å². The van der Waals surface area contributed by atoms with E-state index < -0.39 is 29.2 Å². The third kappa shape index (κ3) is 3.67. The van der Waals surface area contributed by atoms with Gasteiger partial charge in [0.2, 0.25) is 0 Å². The molecule has 152 valence electrons. The lowest BCUT2D eigenvalue weighted by atomic mass is 9.96. The number of carbonyl (C=O) groups is 3. The van der Waals surface area contributed by atoms with Gasteiger partial charge in [-0.25, -0.2) is 0 Å². The summed E-state index contributed by atoms with van der Waals surface area (Å²) in [6.45, 7) is 5.43. The van der Waals surface area contributed by atoms with E-state index in [1.807, 2.05) is 19.1 Å². The lowest BCUT2D eigenvalue weighted by Crippen LogP contribution is -2.34. The number of ether oxygens (including phenoxy) is 2. The Morgan fingerprint density at radius 2 is 1.41 bits per heavy atom. The summed E-state index contributed by atoms with van der Waals surface area (Å²) in [5.41, 5.74) is 0.423. The molecule has 5 nitrogen and oxygen atoms in total. The van der Waals surface area contributed by atoms with Gasteiger partial charge in [-0.05, 0) is 38.5 Å². The fraction of sp³-hybridized carbons (Fsp3) is 0.348. The Balaban J connectivity index is 2.10. The molecule has 0 unspecified atom stereocenters. The normalized spacial score (nSPS) is 19.3. The third-order valence-electron chi connectivity index (χ3n) is 5.28. The van der Waals surface area contributed by atoms with Gasteiger partial charge in [-0.15, -0.1) is 0 Å². The smallest absolute Gasteiger partial charge is 0.324 e. The van der Waals surface area contributed by atoms with Crippen LogP contribution in [0.3, 0.4) is 0 Å². The molecule has 0 spiro atoms. The lowest BCUT2D eigenvalue weighted by molar-refractivity contribution is -0.165. The fourth-order valence-corrected chi connectivity index (χ4v) is 3.99. The molecule has 2 atom stereocenters. The minimum atomic E-state index is -1.69. The van der Waals surface area contributed by atoms with Crippen molar-refractivity contribution >= 4 is 29.3 Å². The molecule has 3 rings (SSSR count). The minimum absolute atomic E-state index is 0.0960. The standard InChI is InChI=1S/C23H23ClO5/c1-4-28-21(26)23(22(27)29-5-2)18(15-10-12-17(24)13-11-15)19(23)20(25)16-8-6-14(3)7-9-16/h6-13,18-19H,4-5H2,1-3H3/t18-,19+/m1/s1. The second-order valence-electron chi connectivity index (χ2n) is 7.05. The van der Waals surface area contributed by atoms with Crippen molar-refractivity contribution in [2.75, 3.05) is 13.2 Å². The zero-order valence-electron chi connectivity index (χ0n) is 16.6. The van der Waals surface area contributed by atoms with Crippen LogP contribution in [0.25, 0.3) is 0 Å². The molecule has 29 heavy (non-hydrogen) atoms. The van der Waals surface area contributed by atoms with Gasteiger partial charge in [0.25, 0.3) is 0 Å². The summed E-state index contributed by atoms with van der Waals surface area (Å²) in [5, 5.41) is 0.522. The first-order chi connectivity index (χ1) is 13.9. The molecule has 2 aromatic rings. The molecule has 0 bridgehead atoms. The number of esters is 2. The Kier molecular flexibility index (Phi) is 6.08. The zero-order chi connectivity index (χ0) is 21.2. The van der Waals surface area contributed by atoms with Crippen molar-refractivity contribution in [3.63, 3.8) is 0 Å². The predicted molar refractivity (Wildman–Crippen MR) is 109 cm³/mol. The number of Topliss-reactive ketones (excluding diaryl/α,β-unsaturated/α-hetero) is 1. The van der Waals surface area contributed by atoms with Gasteiger partial charge >= 0.3 is 11.9 Å². The van der Waals surface area contributed by atoms with E-state index in [0.717, 1.165) is 5.56 Å². The molecule has 0 heterocycles. The molecule has 0 N–H and O–H groups in total. The monoisotopic (exact) mass is 414 g/mol. The number of ketones is 1. The number of halogens is 1. The van der Waals surface area contributed by atoms with Gasteiger partial charge in [-0.3, -0.25) is 14.4 Å². The molecule has 1 saturated carbocycles. The molecule has 1 aliphatic carbocycles. The highest BCUT2D eigenvalue weighted by Crippen LogP contribution is 2.67. The maximum Gasteiger partial charge on any atom is 0.324 e. The third-order valence-corrected chi connectivity index (χ3v) is 5.53. The van der Waals surface area contributed by atoms with Crippen LogP contribution < -0.4 is 0 Å². The average molecular weight is 415 g/mol. The molecule has 0 aromatic heterocycles. The van der Waals surface area contributed by atoms with Crippen molar-refractivity contribution in [2.45, 2.75) is 26.7 Å². The van der Waals surface area contributed by atoms with Gasteiger partial charge < -0.3 is 9.47 Å². The summed E-state index contributed by atoms with van der Waals surface area (Å²) in [6, 6.07) is 13.8. The highest BCUT2D eigenvalue weighted by Gasteiger charge is 2.79. The molecule has 1 aliphatic rings. The number of benzene rings is 2. The largest absolute Gasteiger partial charge is 0.465 e. The van der Waals surface area contributed by atoms with Crippen LogP contribution in [0.2, 0.25) is 5.02 Å². The molecule has 0 aliphatic heterocycles. The van der Waals surface area contributed by atoms with Crippen LogP contribution in [0.15, 0.2) is 48.5 Å². The maximum atomic E-state index is 13.4. The molecule has 6 heteroatoms. The SMILES string of the molecule is CCOC(=O)C1(C(=O)OCC)[C@H](C(=O)c2ccc(C)cc2)[C@H]1c1ccc(Cl)cc1. The maximum absolute atomic E-state index is 13.4. The highest BCUT2D eigenvalue weighted by molar-refractivity contribution is 6.30. The molecule has 2 aromatic carbocycles. The highest BCUT2D eigenvalue weighted by atomic mass is 35.5. The summed E-state index contributed by atoms with van der Waals surface area (Å²) >= 11 is 5.99. The molecular formula is C23H23ClO5. The Morgan fingerprint density at radius 3 is 1.90 bits per heavy atom. The molecule has 1 fully saturated rings. The van der Waals surface area contributed by atoms with Crippen molar-refractivity contribution in [1.82, 2.24) is 0 Å². The molecule has 0 saturated heterocycles. The number of aryl methyl sites for hydroxylation is 1. The fourth-order valence-electron chi connectivity index (χ4n) is 3.86. The second-order valence-corrected chi connectivity index (χ2v) is 7.48. The lowest BCUT2D eigenvalue weighted by Gasteiger charge is -2.15. The van der Waals surface area contributed by atoms with Crippen LogP contribution in [-0.2, 0) is 19.1 Å². The quantitative estimate of drug-likeness (QED) is 0.382. The number of hydrogen-bond acceptors (Lipinski definition) is 5. The van der Waals surface area contributed by atoms with Gasteiger partial charge in [0.15, 0.2) is 11.2 Å². The van der Waals surface area contributed by atoms with Crippen molar-refractivity contribution in [1.29, 1.82) is 0 Å². The summed E-state index contributed by atoms with van der Waals surface area (Å²) in [6.07, 6.45) is 0. The van der Waals surface area contributed by atoms with Crippen LogP contribution in [-0.4, -0.2) is 30.9 Å². The topological polar surface area (TPSA) is 69.7 Å². The summed E-state index contributed by atoms with van der Waals surface area (Å²) < 4.78 is 10.5. The van der Waals surface area contributed by atoms with Crippen LogP contribution in [0.4, 0.5) is 0 Å². The minimum Gasteiger partial charge on any atom is -0.465 e. The van der Waals surface area contributed by atoms with E-state index in [2.05, 4.69) is 0 Å². The van der Waals surface area contributed by atoms with E-state index in [1.54, 1.807) is 50.2 Å². The van der Waals surface area contributed by atoms with Crippen molar-refractivity contribution in [2.24, 2.45) is 11.3 Å². The first kappa shape index (κ1) is 21.1. The van der Waals surface area contributed by atoms with Gasteiger partial charge in [-0.2, -0.15) is 0 Å². The number of hydrogen-bond donors (Lipinski definition) is 0. The van der Waals surface area contributed by atoms with E-state index in [1.165, 1.54) is 0 Å². The molecular weight excluding hydrogens is 392 g/mol. The number of rotatable bonds is 7. The van der Waals surface area contributed by atoms with E-state index in [-0.39, 0.29) is 19.0 Å². The summed E-state index contributed by atoms with van der Waals surface area (Å²) in [4.78, 5) is 39.3.